The maximum absolute atomic E-state index is 12.8. The Labute approximate surface area is 153 Å². The molecule has 10 heteroatoms. The van der Waals surface area contributed by atoms with Crippen molar-refractivity contribution in [1.82, 2.24) is 28.9 Å². The van der Waals surface area contributed by atoms with E-state index in [1.807, 2.05) is 0 Å². The summed E-state index contributed by atoms with van der Waals surface area (Å²) in [7, 11) is 0.326. The molecule has 1 atom stereocenters. The summed E-state index contributed by atoms with van der Waals surface area (Å²) >= 11 is 0. The van der Waals surface area contributed by atoms with Crippen LogP contribution in [0.4, 0.5) is 0 Å². The summed E-state index contributed by atoms with van der Waals surface area (Å²) < 4.78 is 33.9. The lowest BCUT2D eigenvalue weighted by Gasteiger charge is -2.38. The highest BCUT2D eigenvalue weighted by Crippen LogP contribution is 2.48. The molecule has 0 saturated carbocycles. The first-order chi connectivity index (χ1) is 12.3. The molecule has 0 amide bonds. The molecule has 2 aliphatic rings. The first-order valence-electron chi connectivity index (χ1n) is 8.78. The van der Waals surface area contributed by atoms with Crippen LogP contribution in [-0.2, 0) is 17.1 Å². The van der Waals surface area contributed by atoms with Crippen molar-refractivity contribution in [2.24, 2.45) is 12.5 Å². The molecule has 2 aliphatic heterocycles. The molecule has 0 aromatic carbocycles. The van der Waals surface area contributed by atoms with Gasteiger partial charge in [-0.1, -0.05) is 5.16 Å². The van der Waals surface area contributed by atoms with E-state index in [1.165, 1.54) is 6.33 Å². The fourth-order valence-corrected chi connectivity index (χ4v) is 5.63. The normalized spacial score (nSPS) is 24.5. The Kier molecular flexibility index (Phi) is 4.16. The topological polar surface area (TPSA) is 97.4 Å². The highest BCUT2D eigenvalue weighted by molar-refractivity contribution is 7.89. The van der Waals surface area contributed by atoms with Gasteiger partial charge in [-0.2, -0.15) is 9.29 Å². The third-order valence-electron chi connectivity index (χ3n) is 5.65. The van der Waals surface area contributed by atoms with Gasteiger partial charge in [0.2, 0.25) is 5.89 Å². The van der Waals surface area contributed by atoms with Crippen molar-refractivity contribution in [2.45, 2.75) is 37.3 Å². The molecule has 2 fully saturated rings. The molecule has 4 heterocycles. The molecular formula is C16H24N6O3S. The fourth-order valence-electron chi connectivity index (χ4n) is 4.23. The lowest BCUT2D eigenvalue weighted by atomic mass is 9.77. The van der Waals surface area contributed by atoms with Crippen molar-refractivity contribution in [2.75, 3.05) is 26.7 Å². The molecule has 142 valence electrons. The van der Waals surface area contributed by atoms with Gasteiger partial charge in [0.1, 0.15) is 0 Å². The minimum absolute atomic E-state index is 0.101. The van der Waals surface area contributed by atoms with Crippen molar-refractivity contribution < 1.29 is 12.9 Å². The van der Waals surface area contributed by atoms with Gasteiger partial charge in [-0.25, -0.2) is 13.4 Å². The van der Waals surface area contributed by atoms with E-state index in [1.54, 1.807) is 29.0 Å². The van der Waals surface area contributed by atoms with E-state index in [0.29, 0.717) is 19.0 Å². The predicted octanol–water partition coefficient (Wildman–Crippen LogP) is 0.959. The van der Waals surface area contributed by atoms with Gasteiger partial charge in [-0.05, 0) is 31.7 Å². The van der Waals surface area contributed by atoms with E-state index in [9.17, 15) is 8.42 Å². The zero-order valence-electron chi connectivity index (χ0n) is 15.3. The fraction of sp³-hybridized carbons (Fsp3) is 0.688. The summed E-state index contributed by atoms with van der Waals surface area (Å²) in [6, 6.07) is 0.131. The van der Waals surface area contributed by atoms with E-state index in [2.05, 4.69) is 27.1 Å². The molecule has 0 bridgehead atoms. The number of sulfonamides is 1. The molecule has 9 nitrogen and oxygen atoms in total. The van der Waals surface area contributed by atoms with Crippen molar-refractivity contribution in [3.05, 3.63) is 24.2 Å². The third-order valence-corrected chi connectivity index (χ3v) is 7.44. The second kappa shape index (κ2) is 6.14. The zero-order chi connectivity index (χ0) is 18.5. The molecule has 2 aromatic heterocycles. The van der Waals surface area contributed by atoms with Gasteiger partial charge in [-0.15, -0.1) is 0 Å². The number of likely N-dealkylation sites (tertiary alicyclic amines) is 1. The number of rotatable bonds is 3. The largest absolute Gasteiger partial charge is 0.340 e. The number of aromatic nitrogens is 4. The second-order valence-corrected chi connectivity index (χ2v) is 9.47. The summed E-state index contributed by atoms with van der Waals surface area (Å²) in [5.74, 6) is 1.30. The van der Waals surface area contributed by atoms with E-state index >= 15 is 0 Å². The second-order valence-electron chi connectivity index (χ2n) is 7.59. The van der Waals surface area contributed by atoms with Crippen molar-refractivity contribution >= 4 is 10.0 Å². The standard InChI is InChI=1S/C16H24N6O3S/c1-12-18-15(19-25-12)13-8-16(10-21(13)3)4-6-22(7-5-16)26(23,24)14-9-20(2)11-17-14/h9,11,13H,4-8,10H2,1-3H3. The zero-order valence-corrected chi connectivity index (χ0v) is 16.1. The third kappa shape index (κ3) is 2.95. The van der Waals surface area contributed by atoms with E-state index in [0.717, 1.165) is 31.6 Å². The summed E-state index contributed by atoms with van der Waals surface area (Å²) in [6.07, 6.45) is 5.66. The molecule has 0 N–H and O–H groups in total. The predicted molar refractivity (Wildman–Crippen MR) is 92.7 cm³/mol. The Morgan fingerprint density at radius 3 is 2.58 bits per heavy atom. The number of hydrogen-bond donors (Lipinski definition) is 0. The van der Waals surface area contributed by atoms with Gasteiger partial charge in [0.25, 0.3) is 10.0 Å². The van der Waals surface area contributed by atoms with Gasteiger partial charge in [-0.3, -0.25) is 4.90 Å². The van der Waals surface area contributed by atoms with Gasteiger partial charge in [0.05, 0.1) is 12.4 Å². The Morgan fingerprint density at radius 1 is 1.27 bits per heavy atom. The Morgan fingerprint density at radius 2 is 2.00 bits per heavy atom. The average Bonchev–Trinajstić information content (AvgIpc) is 3.28. The maximum Gasteiger partial charge on any atom is 0.262 e. The van der Waals surface area contributed by atoms with Crippen molar-refractivity contribution in [1.29, 1.82) is 0 Å². The van der Waals surface area contributed by atoms with Gasteiger partial charge < -0.3 is 9.09 Å². The molecule has 26 heavy (non-hydrogen) atoms. The van der Waals surface area contributed by atoms with E-state index in [-0.39, 0.29) is 16.5 Å². The van der Waals surface area contributed by atoms with Crippen LogP contribution in [0.2, 0.25) is 0 Å². The van der Waals surface area contributed by atoms with E-state index in [4.69, 9.17) is 4.52 Å². The first-order valence-corrected chi connectivity index (χ1v) is 10.2. The maximum atomic E-state index is 12.8. The molecule has 2 aromatic rings. The average molecular weight is 380 g/mol. The molecule has 4 rings (SSSR count). The van der Waals surface area contributed by atoms with Crippen LogP contribution in [0.25, 0.3) is 0 Å². The van der Waals surface area contributed by atoms with Gasteiger partial charge in [0.15, 0.2) is 10.9 Å². The minimum Gasteiger partial charge on any atom is -0.340 e. The Bertz CT molecular complexity index is 897. The van der Waals surface area contributed by atoms with Crippen LogP contribution in [0, 0.1) is 12.3 Å². The molecule has 1 unspecified atom stereocenters. The first kappa shape index (κ1) is 17.6. The van der Waals surface area contributed by atoms with Crippen LogP contribution in [0.15, 0.2) is 22.1 Å². The van der Waals surface area contributed by atoms with Crippen LogP contribution in [-0.4, -0.2) is 64.0 Å². The number of nitrogens with zero attached hydrogens (tertiary/aromatic N) is 6. The Hall–Kier alpha value is -1.78. The van der Waals surface area contributed by atoms with Crippen LogP contribution in [0.3, 0.4) is 0 Å². The number of aryl methyl sites for hydroxylation is 2. The molecule has 2 saturated heterocycles. The highest BCUT2D eigenvalue weighted by Gasteiger charge is 2.47. The minimum atomic E-state index is -3.52. The van der Waals surface area contributed by atoms with Gasteiger partial charge >= 0.3 is 0 Å². The van der Waals surface area contributed by atoms with Gasteiger partial charge in [0, 0.05) is 39.8 Å². The number of piperidine rings is 1. The lowest BCUT2D eigenvalue weighted by molar-refractivity contribution is 0.161. The van der Waals surface area contributed by atoms with Crippen LogP contribution in [0.1, 0.15) is 37.0 Å². The number of imidazole rings is 1. The summed E-state index contributed by atoms with van der Waals surface area (Å²) in [5, 5.41) is 4.20. The SMILES string of the molecule is Cc1nc(C2CC3(CCN(S(=O)(=O)c4cn(C)cn4)CC3)CN2C)no1. The summed E-state index contributed by atoms with van der Waals surface area (Å²) in [4.78, 5) is 10.7. The van der Waals surface area contributed by atoms with E-state index < -0.39 is 10.0 Å². The quantitative estimate of drug-likeness (QED) is 0.782. The Balaban J connectivity index is 1.46. The van der Waals surface area contributed by atoms with Crippen molar-refractivity contribution in [3.8, 4) is 0 Å². The van der Waals surface area contributed by atoms with Crippen molar-refractivity contribution in [3.63, 3.8) is 0 Å². The van der Waals surface area contributed by atoms with Crippen LogP contribution >= 0.6 is 0 Å². The molecule has 0 aliphatic carbocycles. The molecular weight excluding hydrogens is 356 g/mol. The molecule has 0 radical (unpaired) electrons. The molecule has 1 spiro atoms. The summed E-state index contributed by atoms with van der Waals surface area (Å²) in [5.41, 5.74) is 0.101. The number of hydrogen-bond acceptors (Lipinski definition) is 7. The smallest absolute Gasteiger partial charge is 0.262 e. The summed E-state index contributed by atoms with van der Waals surface area (Å²) in [6.45, 7) is 3.75. The van der Waals surface area contributed by atoms with Crippen LogP contribution < -0.4 is 0 Å². The van der Waals surface area contributed by atoms with Crippen LogP contribution in [0.5, 0.6) is 0 Å². The monoisotopic (exact) mass is 380 g/mol. The highest BCUT2D eigenvalue weighted by atomic mass is 32.2. The lowest BCUT2D eigenvalue weighted by Crippen LogP contribution is -2.44.